The first-order valence-electron chi connectivity index (χ1n) is 11.1. The quantitative estimate of drug-likeness (QED) is 0.225. The number of primary sulfonamides is 1. The number of ketones is 1. The zero-order valence-electron chi connectivity index (χ0n) is 20.4. The van der Waals surface area contributed by atoms with Gasteiger partial charge in [0.1, 0.15) is 17.3 Å². The van der Waals surface area contributed by atoms with Crippen molar-refractivity contribution < 1.29 is 27.2 Å². The number of hydrogen-bond acceptors (Lipinski definition) is 8. The molecule has 12 heteroatoms. The number of ether oxygens (including phenoxy) is 1. The number of carbonyl (C=O) groups is 2. The van der Waals surface area contributed by atoms with Crippen LogP contribution >= 0.6 is 23.2 Å². The Morgan fingerprint density at radius 2 is 1.86 bits per heavy atom. The summed E-state index contributed by atoms with van der Waals surface area (Å²) in [5.74, 6) is -0.413. The molecular formula is C25H27Cl2N3O6S. The zero-order chi connectivity index (χ0) is 27.4. The first-order valence-corrected chi connectivity index (χ1v) is 13.4. The Morgan fingerprint density at radius 3 is 2.49 bits per heavy atom. The summed E-state index contributed by atoms with van der Waals surface area (Å²) in [5.41, 5.74) is -0.225. The van der Waals surface area contributed by atoms with Gasteiger partial charge in [0.05, 0.1) is 35.1 Å². The number of benzene rings is 2. The molecule has 2 aromatic carbocycles. The number of furan rings is 1. The molecule has 0 saturated carbocycles. The molecule has 9 nitrogen and oxygen atoms in total. The van der Waals surface area contributed by atoms with Crippen LogP contribution in [0, 0.1) is 0 Å². The van der Waals surface area contributed by atoms with E-state index in [1.807, 2.05) is 0 Å². The molecule has 0 saturated heterocycles. The molecule has 4 N–H and O–H groups in total. The van der Waals surface area contributed by atoms with Gasteiger partial charge < -0.3 is 14.5 Å². The van der Waals surface area contributed by atoms with Crippen LogP contribution in [-0.2, 0) is 21.3 Å². The second-order valence-corrected chi connectivity index (χ2v) is 11.4. The molecule has 1 unspecified atom stereocenters. The molecule has 0 radical (unpaired) electrons. The van der Waals surface area contributed by atoms with Gasteiger partial charge in [0.25, 0.3) is 0 Å². The van der Waals surface area contributed by atoms with Crippen molar-refractivity contribution in [3.63, 3.8) is 0 Å². The fourth-order valence-electron chi connectivity index (χ4n) is 3.59. The highest BCUT2D eigenvalue weighted by Gasteiger charge is 2.28. The number of nitrogens with one attached hydrogen (secondary N) is 2. The average molecular weight is 568 g/mol. The summed E-state index contributed by atoms with van der Waals surface area (Å²) in [4.78, 5) is 25.4. The highest BCUT2D eigenvalue weighted by Crippen LogP contribution is 2.29. The van der Waals surface area contributed by atoms with Crippen LogP contribution in [0.5, 0.6) is 0 Å². The van der Waals surface area contributed by atoms with E-state index >= 15 is 0 Å². The minimum Gasteiger partial charge on any atom is -0.467 e. The molecule has 1 heterocycles. The number of rotatable bonds is 11. The predicted octanol–water partition coefficient (Wildman–Crippen LogP) is 4.64. The van der Waals surface area contributed by atoms with E-state index in [0.29, 0.717) is 16.3 Å². The molecule has 3 rings (SSSR count). The summed E-state index contributed by atoms with van der Waals surface area (Å²) in [6.07, 6.45) is 1.50. The second kappa shape index (κ2) is 11.7. The third-order valence-corrected chi connectivity index (χ3v) is 6.92. The Balaban J connectivity index is 1.75. The van der Waals surface area contributed by atoms with Gasteiger partial charge in [-0.25, -0.2) is 18.4 Å². The van der Waals surface area contributed by atoms with E-state index in [2.05, 4.69) is 10.6 Å². The topological polar surface area (TPSA) is 141 Å². The maximum absolute atomic E-state index is 13.1. The standard InChI is InChI=1S/C25H27Cl2N3O6S/c1-15(23(31)16-6-4-7-17(26)10-16)30-25(2,3)14-36-24(32)19-11-22(37(28,33)34)20(27)12-21(19)29-13-18-8-5-9-35-18/h4-12,15,29-30H,13-14H2,1-3H3,(H2,28,33,34). The molecule has 0 amide bonds. The number of sulfonamides is 1. The molecule has 0 aliphatic carbocycles. The van der Waals surface area contributed by atoms with Crippen molar-refractivity contribution in [2.75, 3.05) is 11.9 Å². The van der Waals surface area contributed by atoms with Crippen LogP contribution in [0.1, 0.15) is 47.2 Å². The van der Waals surface area contributed by atoms with Crippen LogP contribution in [0.15, 0.2) is 64.1 Å². The lowest BCUT2D eigenvalue weighted by molar-refractivity contribution is 0.0390. The monoisotopic (exact) mass is 567 g/mol. The van der Waals surface area contributed by atoms with Gasteiger partial charge in [0, 0.05) is 16.1 Å². The smallest absolute Gasteiger partial charge is 0.340 e. The second-order valence-electron chi connectivity index (χ2n) is 9.01. The Kier molecular flexibility index (Phi) is 9.04. The molecule has 1 atom stereocenters. The maximum Gasteiger partial charge on any atom is 0.340 e. The highest BCUT2D eigenvalue weighted by atomic mass is 35.5. The van der Waals surface area contributed by atoms with Crippen LogP contribution in [0.4, 0.5) is 5.69 Å². The largest absolute Gasteiger partial charge is 0.467 e. The number of halogens is 2. The molecule has 37 heavy (non-hydrogen) atoms. The first kappa shape index (κ1) is 28.7. The van der Waals surface area contributed by atoms with E-state index in [1.165, 1.54) is 12.3 Å². The molecule has 0 spiro atoms. The van der Waals surface area contributed by atoms with E-state index < -0.39 is 32.5 Å². The van der Waals surface area contributed by atoms with Crippen LogP contribution in [-0.4, -0.2) is 38.4 Å². The number of Topliss-reactive ketones (excluding diaryl/α,β-unsaturated/α-hetero) is 1. The van der Waals surface area contributed by atoms with Gasteiger partial charge in [0.2, 0.25) is 10.0 Å². The highest BCUT2D eigenvalue weighted by molar-refractivity contribution is 7.89. The van der Waals surface area contributed by atoms with Crippen molar-refractivity contribution in [2.24, 2.45) is 5.14 Å². The van der Waals surface area contributed by atoms with E-state index in [0.717, 1.165) is 6.07 Å². The summed E-state index contributed by atoms with van der Waals surface area (Å²) in [5, 5.41) is 11.7. The summed E-state index contributed by atoms with van der Waals surface area (Å²) in [6, 6.07) is 11.8. The summed E-state index contributed by atoms with van der Waals surface area (Å²) in [7, 11) is -4.21. The fraction of sp³-hybridized carbons (Fsp3) is 0.280. The lowest BCUT2D eigenvalue weighted by Gasteiger charge is -2.29. The third-order valence-electron chi connectivity index (χ3n) is 5.31. The minimum atomic E-state index is -4.21. The molecule has 0 aliphatic rings. The number of carbonyl (C=O) groups excluding carboxylic acids is 2. The van der Waals surface area contributed by atoms with Crippen molar-refractivity contribution in [3.05, 3.63) is 81.7 Å². The Labute approximate surface area is 225 Å². The van der Waals surface area contributed by atoms with Crippen molar-refractivity contribution in [1.29, 1.82) is 0 Å². The van der Waals surface area contributed by atoms with Gasteiger partial charge in [-0.05, 0) is 57.2 Å². The average Bonchev–Trinajstić information content (AvgIpc) is 3.33. The van der Waals surface area contributed by atoms with Gasteiger partial charge >= 0.3 is 5.97 Å². The number of hydrogen-bond donors (Lipinski definition) is 3. The predicted molar refractivity (Wildman–Crippen MR) is 142 cm³/mol. The van der Waals surface area contributed by atoms with Crippen molar-refractivity contribution in [3.8, 4) is 0 Å². The van der Waals surface area contributed by atoms with Gasteiger partial charge in [-0.2, -0.15) is 0 Å². The molecular weight excluding hydrogens is 541 g/mol. The molecule has 3 aromatic rings. The van der Waals surface area contributed by atoms with Gasteiger partial charge in [-0.3, -0.25) is 10.1 Å². The third kappa shape index (κ3) is 7.80. The Hall–Kier alpha value is -2.89. The minimum absolute atomic E-state index is 0.0844. The first-order chi connectivity index (χ1) is 17.3. The van der Waals surface area contributed by atoms with Crippen molar-refractivity contribution >= 4 is 50.7 Å². The van der Waals surface area contributed by atoms with Crippen molar-refractivity contribution in [2.45, 2.75) is 43.8 Å². The summed E-state index contributed by atoms with van der Waals surface area (Å²) >= 11 is 12.1. The lowest BCUT2D eigenvalue weighted by atomic mass is 10.0. The normalized spacial score (nSPS) is 12.7. The number of nitrogens with two attached hydrogens (primary N) is 1. The van der Waals surface area contributed by atoms with E-state index in [9.17, 15) is 18.0 Å². The van der Waals surface area contributed by atoms with E-state index in [4.69, 9.17) is 37.5 Å². The molecule has 0 fully saturated rings. The van der Waals surface area contributed by atoms with Gasteiger partial charge in [-0.15, -0.1) is 0 Å². The van der Waals surface area contributed by atoms with Gasteiger partial charge in [-0.1, -0.05) is 35.3 Å². The Bertz CT molecular complexity index is 1390. The van der Waals surface area contributed by atoms with Crippen LogP contribution in [0.3, 0.4) is 0 Å². The van der Waals surface area contributed by atoms with Crippen LogP contribution < -0.4 is 15.8 Å². The van der Waals surface area contributed by atoms with Crippen molar-refractivity contribution in [1.82, 2.24) is 5.32 Å². The maximum atomic E-state index is 13.1. The molecule has 0 aliphatic heterocycles. The SMILES string of the molecule is CC(NC(C)(C)COC(=O)c1cc(S(N)(=O)=O)c(Cl)cc1NCc1ccco1)C(=O)c1cccc(Cl)c1. The van der Waals surface area contributed by atoms with Gasteiger partial charge in [0.15, 0.2) is 5.78 Å². The van der Waals surface area contributed by atoms with Crippen LogP contribution in [0.25, 0.3) is 0 Å². The molecule has 0 bridgehead atoms. The Morgan fingerprint density at radius 1 is 1.14 bits per heavy atom. The molecule has 198 valence electrons. The van der Waals surface area contributed by atoms with E-state index in [1.54, 1.807) is 57.2 Å². The molecule has 1 aromatic heterocycles. The van der Waals surface area contributed by atoms with E-state index in [-0.39, 0.29) is 35.2 Å². The zero-order valence-corrected chi connectivity index (χ0v) is 22.7. The number of anilines is 1. The summed E-state index contributed by atoms with van der Waals surface area (Å²) < 4.78 is 34.7. The lowest BCUT2D eigenvalue weighted by Crippen LogP contribution is -2.51. The summed E-state index contributed by atoms with van der Waals surface area (Å²) in [6.45, 7) is 5.28. The fourth-order valence-corrected chi connectivity index (χ4v) is 4.88. The van der Waals surface area contributed by atoms with Crippen LogP contribution in [0.2, 0.25) is 10.0 Å². The number of esters is 1.